The van der Waals surface area contributed by atoms with Gasteiger partial charge in [-0.1, -0.05) is 0 Å². The van der Waals surface area contributed by atoms with Crippen molar-refractivity contribution in [2.45, 2.75) is 72.3 Å². The standard InChI is InChI=1S/C22H29NO4S/c1-11-13(3)28-20(23-14(4)24)18(11)21(26)27-12(2)19(25)22-8-15-5-16(9-22)7-17(6-15)10-22/h12,15-17H,5-10H2,1-4H3,(H,23,24)/t12-,15?,16?,17?,22?/m1/s1. The number of rotatable bonds is 5. The van der Waals surface area contributed by atoms with Crippen LogP contribution in [0.2, 0.25) is 0 Å². The molecule has 5 nitrogen and oxygen atoms in total. The number of ketones is 1. The molecule has 4 aliphatic carbocycles. The Bertz CT molecular complexity index is 805. The molecule has 1 atom stereocenters. The lowest BCUT2D eigenvalue weighted by molar-refractivity contribution is -0.152. The molecule has 152 valence electrons. The Balaban J connectivity index is 1.51. The molecule has 0 unspecified atom stereocenters. The normalized spacial score (nSPS) is 31.5. The van der Waals surface area contributed by atoms with Crippen molar-refractivity contribution in [3.8, 4) is 0 Å². The van der Waals surface area contributed by atoms with Crippen LogP contribution in [0.1, 0.15) is 73.2 Å². The number of ether oxygens (including phenoxy) is 1. The van der Waals surface area contributed by atoms with E-state index in [2.05, 4.69) is 5.32 Å². The van der Waals surface area contributed by atoms with Crippen LogP contribution in [-0.2, 0) is 14.3 Å². The fraction of sp³-hybridized carbons (Fsp3) is 0.682. The summed E-state index contributed by atoms with van der Waals surface area (Å²) in [6, 6.07) is 0. The first-order chi connectivity index (χ1) is 13.2. The van der Waals surface area contributed by atoms with E-state index in [1.54, 1.807) is 6.92 Å². The molecule has 0 radical (unpaired) electrons. The zero-order valence-electron chi connectivity index (χ0n) is 17.1. The van der Waals surface area contributed by atoms with Crippen LogP contribution < -0.4 is 5.32 Å². The number of carbonyl (C=O) groups excluding carboxylic acids is 3. The Morgan fingerprint density at radius 2 is 1.61 bits per heavy atom. The molecule has 1 heterocycles. The minimum absolute atomic E-state index is 0.102. The van der Waals surface area contributed by atoms with Gasteiger partial charge in [-0.25, -0.2) is 4.79 Å². The maximum absolute atomic E-state index is 13.4. The van der Waals surface area contributed by atoms with Gasteiger partial charge in [0.15, 0.2) is 11.9 Å². The number of esters is 1. The quantitative estimate of drug-likeness (QED) is 0.726. The van der Waals surface area contributed by atoms with Crippen LogP contribution >= 0.6 is 11.3 Å². The number of hydrogen-bond donors (Lipinski definition) is 1. The summed E-state index contributed by atoms with van der Waals surface area (Å²) in [5.74, 6) is 1.37. The van der Waals surface area contributed by atoms with Crippen LogP contribution in [0.4, 0.5) is 5.00 Å². The highest BCUT2D eigenvalue weighted by Gasteiger charge is 2.55. The molecule has 6 heteroatoms. The van der Waals surface area contributed by atoms with Crippen molar-refractivity contribution >= 4 is 34.0 Å². The molecule has 5 rings (SSSR count). The number of hydrogen-bond acceptors (Lipinski definition) is 5. The Morgan fingerprint density at radius 1 is 1.07 bits per heavy atom. The van der Waals surface area contributed by atoms with Gasteiger partial charge >= 0.3 is 5.97 Å². The van der Waals surface area contributed by atoms with Gasteiger partial charge in [-0.15, -0.1) is 11.3 Å². The number of anilines is 1. The molecular formula is C22H29NO4S. The molecule has 0 aromatic carbocycles. The van der Waals surface area contributed by atoms with Crippen molar-refractivity contribution in [3.63, 3.8) is 0 Å². The van der Waals surface area contributed by atoms with Crippen molar-refractivity contribution in [3.05, 3.63) is 16.0 Å². The first kappa shape index (κ1) is 19.6. The van der Waals surface area contributed by atoms with E-state index >= 15 is 0 Å². The Morgan fingerprint density at radius 3 is 2.11 bits per heavy atom. The number of nitrogens with one attached hydrogen (secondary N) is 1. The fourth-order valence-electron chi connectivity index (χ4n) is 6.24. The van der Waals surface area contributed by atoms with Crippen molar-refractivity contribution in [2.75, 3.05) is 5.32 Å². The fourth-order valence-corrected chi connectivity index (χ4v) is 7.33. The third-order valence-electron chi connectivity index (χ3n) is 7.09. The lowest BCUT2D eigenvalue weighted by Crippen LogP contribution is -2.52. The van der Waals surface area contributed by atoms with Gasteiger partial charge < -0.3 is 10.1 Å². The van der Waals surface area contributed by atoms with Crippen LogP contribution in [0.3, 0.4) is 0 Å². The maximum atomic E-state index is 13.4. The van der Waals surface area contributed by atoms with E-state index in [0.29, 0.717) is 28.3 Å². The van der Waals surface area contributed by atoms with E-state index in [1.807, 2.05) is 13.8 Å². The minimum atomic E-state index is -0.756. The molecule has 0 saturated heterocycles. The summed E-state index contributed by atoms with van der Waals surface area (Å²) in [5.41, 5.74) is 0.894. The maximum Gasteiger partial charge on any atom is 0.342 e. The highest BCUT2D eigenvalue weighted by Crippen LogP contribution is 2.60. The summed E-state index contributed by atoms with van der Waals surface area (Å²) >= 11 is 1.36. The van der Waals surface area contributed by atoms with E-state index in [9.17, 15) is 14.4 Å². The summed E-state index contributed by atoms with van der Waals surface area (Å²) < 4.78 is 5.67. The monoisotopic (exact) mass is 403 g/mol. The minimum Gasteiger partial charge on any atom is -0.451 e. The van der Waals surface area contributed by atoms with Crippen LogP contribution in [-0.4, -0.2) is 23.8 Å². The SMILES string of the molecule is CC(=O)Nc1sc(C)c(C)c1C(=O)O[C@H](C)C(=O)C12CC3CC(CC(C3)C1)C2. The van der Waals surface area contributed by atoms with E-state index in [-0.39, 0.29) is 17.1 Å². The van der Waals surface area contributed by atoms with Crippen LogP contribution in [0.15, 0.2) is 0 Å². The molecule has 1 aromatic rings. The Labute approximate surface area is 170 Å². The van der Waals surface area contributed by atoms with Crippen LogP contribution in [0.25, 0.3) is 0 Å². The molecule has 4 aliphatic rings. The third kappa shape index (κ3) is 3.30. The molecule has 4 bridgehead atoms. The lowest BCUT2D eigenvalue weighted by Gasteiger charge is -2.56. The molecular weight excluding hydrogens is 374 g/mol. The molecule has 0 spiro atoms. The van der Waals surface area contributed by atoms with Gasteiger partial charge in [0, 0.05) is 17.2 Å². The van der Waals surface area contributed by atoms with E-state index in [0.717, 1.165) is 29.7 Å². The lowest BCUT2D eigenvalue weighted by atomic mass is 9.48. The van der Waals surface area contributed by atoms with E-state index < -0.39 is 12.1 Å². The van der Waals surface area contributed by atoms with Gasteiger partial charge in [0.2, 0.25) is 5.91 Å². The van der Waals surface area contributed by atoms with Gasteiger partial charge in [-0.3, -0.25) is 9.59 Å². The number of aryl methyl sites for hydroxylation is 1. The highest BCUT2D eigenvalue weighted by atomic mass is 32.1. The second-order valence-electron chi connectivity index (χ2n) is 9.28. The summed E-state index contributed by atoms with van der Waals surface area (Å²) in [5, 5.41) is 3.22. The van der Waals surface area contributed by atoms with Gasteiger partial charge in [0.05, 0.1) is 5.56 Å². The van der Waals surface area contributed by atoms with Crippen molar-refractivity contribution in [1.82, 2.24) is 0 Å². The zero-order chi connectivity index (χ0) is 20.2. The number of amides is 1. The average molecular weight is 404 g/mol. The van der Waals surface area contributed by atoms with Gasteiger partial charge in [-0.2, -0.15) is 0 Å². The average Bonchev–Trinajstić information content (AvgIpc) is 2.86. The molecule has 1 amide bonds. The zero-order valence-corrected chi connectivity index (χ0v) is 17.9. The Hall–Kier alpha value is -1.69. The largest absolute Gasteiger partial charge is 0.451 e. The summed E-state index contributed by atoms with van der Waals surface area (Å²) in [6.07, 6.45) is 5.96. The highest BCUT2D eigenvalue weighted by molar-refractivity contribution is 7.16. The molecule has 1 N–H and O–H groups in total. The molecule has 4 fully saturated rings. The molecule has 4 saturated carbocycles. The molecule has 28 heavy (non-hydrogen) atoms. The number of carbonyl (C=O) groups is 3. The van der Waals surface area contributed by atoms with Crippen LogP contribution in [0, 0.1) is 37.0 Å². The van der Waals surface area contributed by atoms with Gasteiger partial charge in [0.25, 0.3) is 0 Å². The number of thiophene rings is 1. The Kier molecular flexibility index (Phi) is 4.89. The van der Waals surface area contributed by atoms with E-state index in [4.69, 9.17) is 4.74 Å². The smallest absolute Gasteiger partial charge is 0.342 e. The molecule has 0 aliphatic heterocycles. The summed E-state index contributed by atoms with van der Waals surface area (Å²) in [6.45, 7) is 6.88. The van der Waals surface area contributed by atoms with Crippen molar-refractivity contribution in [2.24, 2.45) is 23.2 Å². The molecule has 1 aromatic heterocycles. The topological polar surface area (TPSA) is 72.5 Å². The summed E-state index contributed by atoms with van der Waals surface area (Å²) in [7, 11) is 0. The van der Waals surface area contributed by atoms with E-state index in [1.165, 1.54) is 37.5 Å². The summed E-state index contributed by atoms with van der Waals surface area (Å²) in [4.78, 5) is 38.7. The predicted octanol–water partition coefficient (Wildman–Crippen LogP) is 4.65. The third-order valence-corrected chi connectivity index (χ3v) is 8.22. The van der Waals surface area contributed by atoms with Crippen LogP contribution in [0.5, 0.6) is 0 Å². The second kappa shape index (κ2) is 6.97. The first-order valence-electron chi connectivity index (χ1n) is 10.3. The van der Waals surface area contributed by atoms with Gasteiger partial charge in [-0.05, 0) is 82.6 Å². The van der Waals surface area contributed by atoms with Crippen molar-refractivity contribution in [1.29, 1.82) is 0 Å². The number of Topliss-reactive ketones (excluding diaryl/α,β-unsaturated/α-hetero) is 1. The predicted molar refractivity (Wildman–Crippen MR) is 109 cm³/mol. The first-order valence-corrected chi connectivity index (χ1v) is 11.1. The van der Waals surface area contributed by atoms with Gasteiger partial charge in [0.1, 0.15) is 5.00 Å². The van der Waals surface area contributed by atoms with Crippen molar-refractivity contribution < 1.29 is 19.1 Å². The second-order valence-corrected chi connectivity index (χ2v) is 10.5.